The van der Waals surface area contributed by atoms with Gasteiger partial charge in [0, 0.05) is 17.4 Å². The topological polar surface area (TPSA) is 18.5 Å². The summed E-state index contributed by atoms with van der Waals surface area (Å²) in [5, 5.41) is 0. The maximum Gasteiger partial charge on any atom is 0.133 e. The number of benzene rings is 1. The van der Waals surface area contributed by atoms with Gasteiger partial charge >= 0.3 is 0 Å². The summed E-state index contributed by atoms with van der Waals surface area (Å²) in [6, 6.07) is 6.09. The minimum atomic E-state index is 0.0155. The Kier molecular flexibility index (Phi) is 2.06. The van der Waals surface area contributed by atoms with Crippen molar-refractivity contribution in [2.24, 2.45) is 11.8 Å². The van der Waals surface area contributed by atoms with Gasteiger partial charge in [-0.15, -0.1) is 0 Å². The SMILES string of the molecule is COc1ccc2c(c1)C=CC(C1CC1)(C1CC1)O2. The molecule has 2 nitrogen and oxygen atoms in total. The van der Waals surface area contributed by atoms with E-state index in [0.29, 0.717) is 0 Å². The zero-order valence-corrected chi connectivity index (χ0v) is 10.7. The first kappa shape index (κ1) is 10.5. The minimum absolute atomic E-state index is 0.0155. The summed E-state index contributed by atoms with van der Waals surface area (Å²) in [7, 11) is 1.70. The van der Waals surface area contributed by atoms with Gasteiger partial charge in [-0.05, 0) is 50.0 Å². The molecule has 2 saturated carbocycles. The van der Waals surface area contributed by atoms with Gasteiger partial charge in [-0.3, -0.25) is 0 Å². The van der Waals surface area contributed by atoms with Crippen LogP contribution in [0.2, 0.25) is 0 Å². The van der Waals surface area contributed by atoms with Gasteiger partial charge in [-0.25, -0.2) is 0 Å². The Morgan fingerprint density at radius 1 is 1.17 bits per heavy atom. The molecular formula is C16H18O2. The third-order valence-corrected chi connectivity index (χ3v) is 4.46. The Labute approximate surface area is 108 Å². The van der Waals surface area contributed by atoms with Crippen molar-refractivity contribution in [3.8, 4) is 11.5 Å². The zero-order valence-electron chi connectivity index (χ0n) is 10.7. The standard InChI is InChI=1S/C16H18O2/c1-17-14-6-7-15-11(10-14)8-9-16(18-15,12-2-3-12)13-4-5-13/h6-10,12-13H,2-5H2,1H3. The lowest BCUT2D eigenvalue weighted by molar-refractivity contribution is 0.0697. The highest BCUT2D eigenvalue weighted by Crippen LogP contribution is 2.56. The fraction of sp³-hybridized carbons (Fsp3) is 0.500. The van der Waals surface area contributed by atoms with Crippen LogP contribution in [0.4, 0.5) is 0 Å². The number of hydrogen-bond acceptors (Lipinski definition) is 2. The molecule has 0 spiro atoms. The van der Waals surface area contributed by atoms with E-state index < -0.39 is 0 Å². The number of fused-ring (bicyclic) bond motifs is 1. The summed E-state index contributed by atoms with van der Waals surface area (Å²) >= 11 is 0. The Balaban J connectivity index is 1.72. The lowest BCUT2D eigenvalue weighted by atomic mass is 9.88. The number of rotatable bonds is 3. The zero-order chi connectivity index (χ0) is 12.2. The molecule has 1 aliphatic heterocycles. The molecule has 2 fully saturated rings. The van der Waals surface area contributed by atoms with Crippen LogP contribution < -0.4 is 9.47 Å². The first-order valence-corrected chi connectivity index (χ1v) is 6.88. The maximum atomic E-state index is 6.42. The molecule has 0 aromatic heterocycles. The van der Waals surface area contributed by atoms with Crippen LogP contribution in [0.1, 0.15) is 31.2 Å². The summed E-state index contributed by atoms with van der Waals surface area (Å²) in [4.78, 5) is 0. The number of ether oxygens (including phenoxy) is 2. The maximum absolute atomic E-state index is 6.42. The smallest absolute Gasteiger partial charge is 0.133 e. The summed E-state index contributed by atoms with van der Waals surface area (Å²) in [6.07, 6.45) is 9.86. The molecule has 3 aliphatic rings. The second-order valence-electron chi connectivity index (χ2n) is 5.74. The molecule has 0 N–H and O–H groups in total. The van der Waals surface area contributed by atoms with Gasteiger partial charge in [0.1, 0.15) is 17.1 Å². The van der Waals surface area contributed by atoms with E-state index in [2.05, 4.69) is 24.3 Å². The van der Waals surface area contributed by atoms with Crippen molar-refractivity contribution >= 4 is 6.08 Å². The molecule has 2 aliphatic carbocycles. The summed E-state index contributed by atoms with van der Waals surface area (Å²) in [5.74, 6) is 3.41. The van der Waals surface area contributed by atoms with E-state index in [0.717, 1.165) is 28.9 Å². The van der Waals surface area contributed by atoms with Crippen LogP contribution in [0, 0.1) is 11.8 Å². The van der Waals surface area contributed by atoms with Crippen molar-refractivity contribution in [2.45, 2.75) is 31.3 Å². The Bertz CT molecular complexity index is 498. The highest BCUT2D eigenvalue weighted by molar-refractivity contribution is 5.63. The van der Waals surface area contributed by atoms with Crippen LogP contribution in [-0.2, 0) is 0 Å². The molecule has 18 heavy (non-hydrogen) atoms. The fourth-order valence-corrected chi connectivity index (χ4v) is 3.16. The van der Waals surface area contributed by atoms with Crippen LogP contribution in [0.15, 0.2) is 24.3 Å². The van der Waals surface area contributed by atoms with Gasteiger partial charge in [0.25, 0.3) is 0 Å². The van der Waals surface area contributed by atoms with Crippen molar-refractivity contribution in [1.29, 1.82) is 0 Å². The van der Waals surface area contributed by atoms with Crippen LogP contribution in [-0.4, -0.2) is 12.7 Å². The summed E-state index contributed by atoms with van der Waals surface area (Å²) < 4.78 is 11.7. The van der Waals surface area contributed by atoms with E-state index in [9.17, 15) is 0 Å². The molecule has 0 unspecified atom stereocenters. The van der Waals surface area contributed by atoms with Gasteiger partial charge in [0.2, 0.25) is 0 Å². The molecule has 94 valence electrons. The highest BCUT2D eigenvalue weighted by Gasteiger charge is 2.55. The highest BCUT2D eigenvalue weighted by atomic mass is 16.5. The van der Waals surface area contributed by atoms with Crippen LogP contribution in [0.3, 0.4) is 0 Å². The molecule has 0 atom stereocenters. The average Bonchev–Trinajstić information content (AvgIpc) is 3.29. The predicted octanol–water partition coefficient (Wildman–Crippen LogP) is 3.66. The fourth-order valence-electron chi connectivity index (χ4n) is 3.16. The lowest BCUT2D eigenvalue weighted by Gasteiger charge is -2.35. The average molecular weight is 242 g/mol. The Morgan fingerprint density at radius 3 is 2.50 bits per heavy atom. The van der Waals surface area contributed by atoms with Crippen molar-refractivity contribution in [1.82, 2.24) is 0 Å². The van der Waals surface area contributed by atoms with E-state index in [-0.39, 0.29) is 5.60 Å². The molecular weight excluding hydrogens is 224 g/mol. The van der Waals surface area contributed by atoms with E-state index in [4.69, 9.17) is 9.47 Å². The third-order valence-electron chi connectivity index (χ3n) is 4.46. The normalized spacial score (nSPS) is 24.3. The summed E-state index contributed by atoms with van der Waals surface area (Å²) in [5.41, 5.74) is 1.16. The van der Waals surface area contributed by atoms with E-state index in [1.807, 2.05) is 6.07 Å². The predicted molar refractivity (Wildman–Crippen MR) is 70.8 cm³/mol. The van der Waals surface area contributed by atoms with Crippen molar-refractivity contribution in [3.05, 3.63) is 29.8 Å². The number of hydrogen-bond donors (Lipinski definition) is 0. The molecule has 2 heteroatoms. The van der Waals surface area contributed by atoms with Crippen LogP contribution in [0.25, 0.3) is 6.08 Å². The quantitative estimate of drug-likeness (QED) is 0.805. The third kappa shape index (κ3) is 1.48. The van der Waals surface area contributed by atoms with Crippen molar-refractivity contribution < 1.29 is 9.47 Å². The second kappa shape index (κ2) is 3.53. The molecule has 0 radical (unpaired) electrons. The molecule has 4 rings (SSSR count). The molecule has 1 aromatic rings. The Morgan fingerprint density at radius 2 is 1.89 bits per heavy atom. The van der Waals surface area contributed by atoms with E-state index in [1.165, 1.54) is 25.7 Å². The molecule has 0 bridgehead atoms. The monoisotopic (exact) mass is 242 g/mol. The molecule has 1 aromatic carbocycles. The first-order valence-electron chi connectivity index (χ1n) is 6.88. The van der Waals surface area contributed by atoms with Gasteiger partial charge in [-0.2, -0.15) is 0 Å². The number of methoxy groups -OCH3 is 1. The minimum Gasteiger partial charge on any atom is -0.497 e. The van der Waals surface area contributed by atoms with E-state index in [1.54, 1.807) is 7.11 Å². The van der Waals surface area contributed by atoms with Crippen LogP contribution in [0.5, 0.6) is 11.5 Å². The second-order valence-corrected chi connectivity index (χ2v) is 5.74. The summed E-state index contributed by atoms with van der Waals surface area (Å²) in [6.45, 7) is 0. The van der Waals surface area contributed by atoms with Crippen molar-refractivity contribution in [3.63, 3.8) is 0 Å². The largest absolute Gasteiger partial charge is 0.497 e. The van der Waals surface area contributed by atoms with Gasteiger partial charge in [0.15, 0.2) is 0 Å². The molecule has 0 amide bonds. The van der Waals surface area contributed by atoms with Gasteiger partial charge < -0.3 is 9.47 Å². The van der Waals surface area contributed by atoms with Crippen LogP contribution >= 0.6 is 0 Å². The van der Waals surface area contributed by atoms with Gasteiger partial charge in [0.05, 0.1) is 7.11 Å². The van der Waals surface area contributed by atoms with Crippen molar-refractivity contribution in [2.75, 3.05) is 7.11 Å². The molecule has 0 saturated heterocycles. The lowest BCUT2D eigenvalue weighted by Crippen LogP contribution is -2.40. The van der Waals surface area contributed by atoms with E-state index >= 15 is 0 Å². The van der Waals surface area contributed by atoms with Gasteiger partial charge in [-0.1, -0.05) is 6.08 Å². The molecule has 1 heterocycles. The first-order chi connectivity index (χ1) is 8.82. The Hall–Kier alpha value is -1.44.